The van der Waals surface area contributed by atoms with Crippen molar-refractivity contribution in [2.24, 2.45) is 10.7 Å². The van der Waals surface area contributed by atoms with Crippen LogP contribution in [0.25, 0.3) is 0 Å². The Morgan fingerprint density at radius 1 is 0.967 bits per heavy atom. The lowest BCUT2D eigenvalue weighted by molar-refractivity contribution is 0.0953. The van der Waals surface area contributed by atoms with E-state index in [9.17, 15) is 4.79 Å². The molecule has 0 aliphatic rings. The quantitative estimate of drug-likeness (QED) is 0.381. The molecule has 0 fully saturated rings. The van der Waals surface area contributed by atoms with Gasteiger partial charge in [-0.15, -0.1) is 0 Å². The molecule has 0 saturated heterocycles. The highest BCUT2D eigenvalue weighted by Crippen LogP contribution is 2.23. The SMILES string of the molecule is CCCNC(=O)c1cccc(CN=C(N)Nc2cccc(Oc3ccccc3)c2)c1. The van der Waals surface area contributed by atoms with Crippen molar-refractivity contribution >= 4 is 17.6 Å². The minimum Gasteiger partial charge on any atom is -0.457 e. The maximum absolute atomic E-state index is 12.1. The monoisotopic (exact) mass is 402 g/mol. The van der Waals surface area contributed by atoms with Gasteiger partial charge in [0.2, 0.25) is 0 Å². The molecule has 3 rings (SSSR count). The van der Waals surface area contributed by atoms with E-state index < -0.39 is 0 Å². The molecule has 0 heterocycles. The third-order valence-electron chi connectivity index (χ3n) is 4.24. The highest BCUT2D eigenvalue weighted by molar-refractivity contribution is 5.94. The molecule has 0 aliphatic heterocycles. The van der Waals surface area contributed by atoms with Crippen LogP contribution in [0.3, 0.4) is 0 Å². The third kappa shape index (κ3) is 6.38. The number of anilines is 1. The van der Waals surface area contributed by atoms with Gasteiger partial charge in [-0.25, -0.2) is 4.99 Å². The first kappa shape index (κ1) is 20.9. The van der Waals surface area contributed by atoms with Gasteiger partial charge in [-0.3, -0.25) is 4.79 Å². The van der Waals surface area contributed by atoms with Gasteiger partial charge in [-0.05, 0) is 48.4 Å². The smallest absolute Gasteiger partial charge is 0.251 e. The highest BCUT2D eigenvalue weighted by Gasteiger charge is 2.05. The lowest BCUT2D eigenvalue weighted by atomic mass is 10.1. The van der Waals surface area contributed by atoms with Crippen LogP contribution in [0.5, 0.6) is 11.5 Å². The molecule has 0 bridgehead atoms. The van der Waals surface area contributed by atoms with E-state index in [2.05, 4.69) is 15.6 Å². The number of rotatable bonds is 8. The van der Waals surface area contributed by atoms with Crippen LogP contribution in [0.15, 0.2) is 83.9 Å². The summed E-state index contributed by atoms with van der Waals surface area (Å²) < 4.78 is 5.83. The van der Waals surface area contributed by atoms with Crippen LogP contribution in [0.1, 0.15) is 29.3 Å². The van der Waals surface area contributed by atoms with Crippen molar-refractivity contribution in [2.75, 3.05) is 11.9 Å². The zero-order chi connectivity index (χ0) is 21.2. The van der Waals surface area contributed by atoms with Gasteiger partial charge in [0.05, 0.1) is 6.54 Å². The maximum Gasteiger partial charge on any atom is 0.251 e. The first-order valence-corrected chi connectivity index (χ1v) is 9.91. The number of aliphatic imine (C=N–C) groups is 1. The minimum atomic E-state index is -0.0796. The van der Waals surface area contributed by atoms with Crippen molar-refractivity contribution in [2.45, 2.75) is 19.9 Å². The summed E-state index contributed by atoms with van der Waals surface area (Å²) >= 11 is 0. The maximum atomic E-state index is 12.1. The first-order valence-electron chi connectivity index (χ1n) is 9.91. The van der Waals surface area contributed by atoms with E-state index in [0.29, 0.717) is 24.4 Å². The largest absolute Gasteiger partial charge is 0.457 e. The van der Waals surface area contributed by atoms with Crippen molar-refractivity contribution in [1.29, 1.82) is 0 Å². The molecule has 0 saturated carbocycles. The summed E-state index contributed by atoms with van der Waals surface area (Å²) in [6, 6.07) is 24.5. The van der Waals surface area contributed by atoms with Gasteiger partial charge in [0.25, 0.3) is 5.91 Å². The predicted molar refractivity (Wildman–Crippen MR) is 121 cm³/mol. The number of hydrogen-bond donors (Lipinski definition) is 3. The number of amides is 1. The van der Waals surface area contributed by atoms with E-state index in [0.717, 1.165) is 23.4 Å². The number of para-hydroxylation sites is 1. The summed E-state index contributed by atoms with van der Waals surface area (Å²) in [7, 11) is 0. The van der Waals surface area contributed by atoms with Crippen LogP contribution in [-0.2, 0) is 6.54 Å². The van der Waals surface area contributed by atoms with E-state index in [1.165, 1.54) is 0 Å². The van der Waals surface area contributed by atoms with Gasteiger partial charge in [0.15, 0.2) is 5.96 Å². The average Bonchev–Trinajstić information content (AvgIpc) is 2.77. The number of ether oxygens (including phenoxy) is 1. The second-order valence-corrected chi connectivity index (χ2v) is 6.73. The van der Waals surface area contributed by atoms with Gasteiger partial charge >= 0.3 is 0 Å². The number of guanidine groups is 1. The summed E-state index contributed by atoms with van der Waals surface area (Å²) in [5, 5.41) is 5.94. The molecule has 6 nitrogen and oxygen atoms in total. The normalized spacial score (nSPS) is 11.0. The standard InChI is InChI=1S/C24H26N4O2/c1-2-14-26-23(29)19-9-6-8-18(15-19)17-27-24(25)28-20-10-7-13-22(16-20)30-21-11-4-3-5-12-21/h3-13,15-16H,2,14,17H2,1H3,(H,26,29)(H3,25,27,28). The Kier molecular flexibility index (Phi) is 7.44. The van der Waals surface area contributed by atoms with Crippen LogP contribution in [-0.4, -0.2) is 18.4 Å². The molecule has 0 aromatic heterocycles. The van der Waals surface area contributed by atoms with Crippen LogP contribution in [0.2, 0.25) is 0 Å². The lowest BCUT2D eigenvalue weighted by Crippen LogP contribution is -2.24. The van der Waals surface area contributed by atoms with Gasteiger partial charge in [-0.1, -0.05) is 43.3 Å². The molecule has 0 unspecified atom stereocenters. The van der Waals surface area contributed by atoms with E-state index in [1.54, 1.807) is 6.07 Å². The van der Waals surface area contributed by atoms with Crippen molar-refractivity contribution in [3.63, 3.8) is 0 Å². The molecule has 6 heteroatoms. The van der Waals surface area contributed by atoms with E-state index in [1.807, 2.05) is 79.7 Å². The topological polar surface area (TPSA) is 88.7 Å². The summed E-state index contributed by atoms with van der Waals surface area (Å²) in [5.41, 5.74) is 8.34. The van der Waals surface area contributed by atoms with E-state index in [-0.39, 0.29) is 11.9 Å². The van der Waals surface area contributed by atoms with Crippen LogP contribution >= 0.6 is 0 Å². The second kappa shape index (κ2) is 10.7. The molecule has 0 aliphatic carbocycles. The van der Waals surface area contributed by atoms with Crippen molar-refractivity contribution in [3.8, 4) is 11.5 Å². The summed E-state index contributed by atoms with van der Waals surface area (Å²) in [4.78, 5) is 16.5. The summed E-state index contributed by atoms with van der Waals surface area (Å²) in [6.07, 6.45) is 0.898. The molecule has 30 heavy (non-hydrogen) atoms. The zero-order valence-electron chi connectivity index (χ0n) is 17.0. The number of benzene rings is 3. The summed E-state index contributed by atoms with van der Waals surface area (Å²) in [6.45, 7) is 3.05. The number of nitrogens with zero attached hydrogens (tertiary/aromatic N) is 1. The van der Waals surface area contributed by atoms with Gasteiger partial charge < -0.3 is 21.1 Å². The Labute approximate surface area is 176 Å². The first-order chi connectivity index (χ1) is 14.6. The average molecular weight is 402 g/mol. The number of carbonyl (C=O) groups is 1. The minimum absolute atomic E-state index is 0.0796. The molecular weight excluding hydrogens is 376 g/mol. The van der Waals surface area contributed by atoms with Crippen LogP contribution < -0.4 is 21.1 Å². The fourth-order valence-electron chi connectivity index (χ4n) is 2.78. The molecule has 1 amide bonds. The Balaban J connectivity index is 1.60. The molecule has 3 aromatic carbocycles. The number of carbonyl (C=O) groups excluding carboxylic acids is 1. The van der Waals surface area contributed by atoms with Gasteiger partial charge in [0.1, 0.15) is 11.5 Å². The zero-order valence-corrected chi connectivity index (χ0v) is 17.0. The molecular formula is C24H26N4O2. The highest BCUT2D eigenvalue weighted by atomic mass is 16.5. The molecule has 0 radical (unpaired) electrons. The molecule has 0 atom stereocenters. The van der Waals surface area contributed by atoms with Gasteiger partial charge in [-0.2, -0.15) is 0 Å². The van der Waals surface area contributed by atoms with Gasteiger partial charge in [0, 0.05) is 23.9 Å². The Hall–Kier alpha value is -3.80. The summed E-state index contributed by atoms with van der Waals surface area (Å²) in [5.74, 6) is 1.67. The lowest BCUT2D eigenvalue weighted by Gasteiger charge is -2.09. The molecule has 0 spiro atoms. The van der Waals surface area contributed by atoms with E-state index >= 15 is 0 Å². The van der Waals surface area contributed by atoms with Crippen LogP contribution in [0, 0.1) is 0 Å². The predicted octanol–water partition coefficient (Wildman–Crippen LogP) is 4.55. The molecule has 154 valence electrons. The number of nitrogens with one attached hydrogen (secondary N) is 2. The fraction of sp³-hybridized carbons (Fsp3) is 0.167. The Morgan fingerprint density at radius 3 is 2.53 bits per heavy atom. The molecule has 4 N–H and O–H groups in total. The number of nitrogens with two attached hydrogens (primary N) is 1. The van der Waals surface area contributed by atoms with Crippen molar-refractivity contribution in [3.05, 3.63) is 90.0 Å². The van der Waals surface area contributed by atoms with Crippen molar-refractivity contribution < 1.29 is 9.53 Å². The second-order valence-electron chi connectivity index (χ2n) is 6.73. The van der Waals surface area contributed by atoms with E-state index in [4.69, 9.17) is 10.5 Å². The Bertz CT molecular complexity index is 1000. The van der Waals surface area contributed by atoms with Crippen LogP contribution in [0.4, 0.5) is 5.69 Å². The van der Waals surface area contributed by atoms with Crippen molar-refractivity contribution in [1.82, 2.24) is 5.32 Å². The number of hydrogen-bond acceptors (Lipinski definition) is 3. The third-order valence-corrected chi connectivity index (χ3v) is 4.24. The fourth-order valence-corrected chi connectivity index (χ4v) is 2.78. The Morgan fingerprint density at radius 2 is 1.73 bits per heavy atom. The molecule has 3 aromatic rings.